The molecule has 112 valence electrons. The number of hydrogen-bond donors (Lipinski definition) is 1. The predicted octanol–water partition coefficient (Wildman–Crippen LogP) is 1.85. The molecule has 1 atom stereocenters. The second-order valence-corrected chi connectivity index (χ2v) is 5.38. The van der Waals surface area contributed by atoms with Crippen LogP contribution >= 0.6 is 0 Å². The SMILES string of the molecule is COc1c(C(=O)Nc2ccnn2C(C)C2CC2)cnn1C. The van der Waals surface area contributed by atoms with Gasteiger partial charge in [-0.3, -0.25) is 4.79 Å². The Morgan fingerprint density at radius 2 is 2.24 bits per heavy atom. The summed E-state index contributed by atoms with van der Waals surface area (Å²) in [7, 11) is 3.25. The molecule has 7 heteroatoms. The Morgan fingerprint density at radius 1 is 1.48 bits per heavy atom. The van der Waals surface area contributed by atoms with E-state index in [9.17, 15) is 4.79 Å². The van der Waals surface area contributed by atoms with Crippen molar-refractivity contribution in [2.75, 3.05) is 12.4 Å². The maximum atomic E-state index is 12.4. The van der Waals surface area contributed by atoms with E-state index in [-0.39, 0.29) is 5.91 Å². The monoisotopic (exact) mass is 289 g/mol. The van der Waals surface area contributed by atoms with E-state index in [2.05, 4.69) is 22.4 Å². The molecule has 1 aliphatic carbocycles. The van der Waals surface area contributed by atoms with E-state index in [0.29, 0.717) is 29.2 Å². The first kappa shape index (κ1) is 13.7. The van der Waals surface area contributed by atoms with Crippen LogP contribution in [0.1, 0.15) is 36.2 Å². The van der Waals surface area contributed by atoms with Crippen LogP contribution in [0.4, 0.5) is 5.82 Å². The topological polar surface area (TPSA) is 74.0 Å². The molecule has 1 unspecified atom stereocenters. The van der Waals surface area contributed by atoms with Crippen molar-refractivity contribution >= 4 is 11.7 Å². The van der Waals surface area contributed by atoms with E-state index in [0.717, 1.165) is 0 Å². The van der Waals surface area contributed by atoms with Gasteiger partial charge in [0.05, 0.1) is 25.5 Å². The second-order valence-electron chi connectivity index (χ2n) is 5.38. The van der Waals surface area contributed by atoms with Gasteiger partial charge in [-0.15, -0.1) is 0 Å². The van der Waals surface area contributed by atoms with Gasteiger partial charge in [0.25, 0.3) is 5.91 Å². The van der Waals surface area contributed by atoms with Gasteiger partial charge in [-0.05, 0) is 25.7 Å². The van der Waals surface area contributed by atoms with Crippen molar-refractivity contribution in [1.82, 2.24) is 19.6 Å². The molecule has 1 fully saturated rings. The first-order valence-corrected chi connectivity index (χ1v) is 7.02. The van der Waals surface area contributed by atoms with Crippen molar-refractivity contribution < 1.29 is 9.53 Å². The summed E-state index contributed by atoms with van der Waals surface area (Å²) < 4.78 is 8.60. The number of carbonyl (C=O) groups is 1. The van der Waals surface area contributed by atoms with Crippen LogP contribution in [0.2, 0.25) is 0 Å². The molecule has 0 radical (unpaired) electrons. The molecule has 2 aromatic rings. The first-order valence-electron chi connectivity index (χ1n) is 7.02. The summed E-state index contributed by atoms with van der Waals surface area (Å²) in [5.41, 5.74) is 0.409. The van der Waals surface area contributed by atoms with Gasteiger partial charge in [0.2, 0.25) is 5.88 Å². The highest BCUT2D eigenvalue weighted by Crippen LogP contribution is 2.40. The molecule has 0 spiro atoms. The fourth-order valence-electron chi connectivity index (χ4n) is 2.52. The zero-order valence-electron chi connectivity index (χ0n) is 12.4. The number of anilines is 1. The molecular formula is C14H19N5O2. The van der Waals surface area contributed by atoms with E-state index in [1.54, 1.807) is 19.3 Å². The van der Waals surface area contributed by atoms with Gasteiger partial charge >= 0.3 is 0 Å². The van der Waals surface area contributed by atoms with Crippen LogP contribution in [0.3, 0.4) is 0 Å². The summed E-state index contributed by atoms with van der Waals surface area (Å²) >= 11 is 0. The van der Waals surface area contributed by atoms with E-state index in [1.165, 1.54) is 30.8 Å². The number of nitrogens with one attached hydrogen (secondary N) is 1. The highest BCUT2D eigenvalue weighted by molar-refractivity contribution is 6.05. The Kier molecular flexibility index (Phi) is 3.40. The van der Waals surface area contributed by atoms with Crippen LogP contribution in [-0.2, 0) is 7.05 Å². The highest BCUT2D eigenvalue weighted by Gasteiger charge is 2.31. The van der Waals surface area contributed by atoms with Crippen molar-refractivity contribution in [2.24, 2.45) is 13.0 Å². The summed E-state index contributed by atoms with van der Waals surface area (Å²) in [4.78, 5) is 12.4. The Bertz CT molecular complexity index is 656. The number of aromatic nitrogens is 4. The van der Waals surface area contributed by atoms with Crippen molar-refractivity contribution in [1.29, 1.82) is 0 Å². The van der Waals surface area contributed by atoms with Crippen molar-refractivity contribution in [3.8, 4) is 5.88 Å². The van der Waals surface area contributed by atoms with E-state index in [1.807, 2.05) is 4.68 Å². The molecule has 0 bridgehead atoms. The van der Waals surface area contributed by atoms with Crippen molar-refractivity contribution in [3.63, 3.8) is 0 Å². The lowest BCUT2D eigenvalue weighted by Gasteiger charge is -2.15. The maximum Gasteiger partial charge on any atom is 0.263 e. The van der Waals surface area contributed by atoms with E-state index < -0.39 is 0 Å². The Balaban J connectivity index is 1.80. The normalized spacial score (nSPS) is 15.8. The van der Waals surface area contributed by atoms with Gasteiger partial charge in [-0.1, -0.05) is 0 Å². The van der Waals surface area contributed by atoms with Gasteiger partial charge in [0.15, 0.2) is 0 Å². The molecule has 2 heterocycles. The predicted molar refractivity (Wildman–Crippen MR) is 77.4 cm³/mol. The van der Waals surface area contributed by atoms with Crippen LogP contribution < -0.4 is 10.1 Å². The molecule has 1 N–H and O–H groups in total. The lowest BCUT2D eigenvalue weighted by Crippen LogP contribution is -2.18. The highest BCUT2D eigenvalue weighted by atomic mass is 16.5. The van der Waals surface area contributed by atoms with Crippen molar-refractivity contribution in [3.05, 3.63) is 24.0 Å². The van der Waals surface area contributed by atoms with Crippen LogP contribution in [0.25, 0.3) is 0 Å². The maximum absolute atomic E-state index is 12.4. The molecule has 7 nitrogen and oxygen atoms in total. The summed E-state index contributed by atoms with van der Waals surface area (Å²) in [6.45, 7) is 2.13. The molecule has 0 aromatic carbocycles. The molecule has 1 saturated carbocycles. The number of carbonyl (C=O) groups excluding carboxylic acids is 1. The van der Waals surface area contributed by atoms with Crippen LogP contribution in [0.5, 0.6) is 5.88 Å². The van der Waals surface area contributed by atoms with Gasteiger partial charge in [-0.2, -0.15) is 10.2 Å². The number of amides is 1. The van der Waals surface area contributed by atoms with Gasteiger partial charge < -0.3 is 10.1 Å². The fraction of sp³-hybridized carbons (Fsp3) is 0.500. The number of ether oxygens (including phenoxy) is 1. The molecular weight excluding hydrogens is 270 g/mol. The quantitative estimate of drug-likeness (QED) is 0.911. The Labute approximate surface area is 122 Å². The second kappa shape index (κ2) is 5.23. The zero-order chi connectivity index (χ0) is 15.0. The molecule has 1 aliphatic rings. The van der Waals surface area contributed by atoms with Gasteiger partial charge in [0.1, 0.15) is 11.4 Å². The summed E-state index contributed by atoms with van der Waals surface area (Å²) in [6, 6.07) is 2.10. The summed E-state index contributed by atoms with van der Waals surface area (Å²) in [5.74, 6) is 1.55. The minimum atomic E-state index is -0.246. The average molecular weight is 289 g/mol. The van der Waals surface area contributed by atoms with Crippen LogP contribution in [0, 0.1) is 5.92 Å². The molecule has 2 aromatic heterocycles. The molecule has 3 rings (SSSR count). The summed E-state index contributed by atoms with van der Waals surface area (Å²) in [5, 5.41) is 11.3. The molecule has 1 amide bonds. The van der Waals surface area contributed by atoms with Gasteiger partial charge in [0, 0.05) is 13.1 Å². The molecule has 21 heavy (non-hydrogen) atoms. The smallest absolute Gasteiger partial charge is 0.263 e. The van der Waals surface area contributed by atoms with Crippen molar-refractivity contribution in [2.45, 2.75) is 25.8 Å². The minimum absolute atomic E-state index is 0.246. The number of methoxy groups -OCH3 is 1. The number of nitrogens with zero attached hydrogens (tertiary/aromatic N) is 4. The Hall–Kier alpha value is -2.31. The third kappa shape index (κ3) is 2.51. The first-order chi connectivity index (χ1) is 10.1. The number of hydrogen-bond acceptors (Lipinski definition) is 4. The number of rotatable bonds is 5. The lowest BCUT2D eigenvalue weighted by atomic mass is 10.2. The third-order valence-electron chi connectivity index (χ3n) is 3.92. The lowest BCUT2D eigenvalue weighted by molar-refractivity contribution is 0.102. The average Bonchev–Trinajstić information content (AvgIpc) is 3.11. The van der Waals surface area contributed by atoms with Crippen LogP contribution in [-0.4, -0.2) is 32.6 Å². The van der Waals surface area contributed by atoms with E-state index >= 15 is 0 Å². The standard InChI is InChI=1S/C14H19N5O2/c1-9(10-4-5-10)19-12(6-7-15-19)17-13(20)11-8-16-18(2)14(11)21-3/h6-10H,4-5H2,1-3H3,(H,17,20). The van der Waals surface area contributed by atoms with E-state index in [4.69, 9.17) is 4.74 Å². The fourth-order valence-corrected chi connectivity index (χ4v) is 2.52. The molecule has 0 aliphatic heterocycles. The Morgan fingerprint density at radius 3 is 2.90 bits per heavy atom. The third-order valence-corrected chi connectivity index (χ3v) is 3.92. The minimum Gasteiger partial charge on any atom is -0.481 e. The largest absolute Gasteiger partial charge is 0.481 e. The van der Waals surface area contributed by atoms with Gasteiger partial charge in [-0.25, -0.2) is 9.36 Å². The number of aryl methyl sites for hydroxylation is 1. The van der Waals surface area contributed by atoms with Crippen LogP contribution in [0.15, 0.2) is 18.5 Å². The zero-order valence-corrected chi connectivity index (χ0v) is 12.4. The summed E-state index contributed by atoms with van der Waals surface area (Å²) in [6.07, 6.45) is 5.66. The molecule has 0 saturated heterocycles.